The van der Waals surface area contributed by atoms with Crippen LogP contribution < -0.4 is 5.32 Å². The van der Waals surface area contributed by atoms with E-state index in [1.807, 2.05) is 0 Å². The van der Waals surface area contributed by atoms with E-state index in [-0.39, 0.29) is 0 Å². The van der Waals surface area contributed by atoms with Gasteiger partial charge in [0.25, 0.3) is 0 Å². The number of likely N-dealkylation sites (N-methyl/N-ethyl adjacent to an activating group) is 1. The second kappa shape index (κ2) is 7.20. The average Bonchev–Trinajstić information content (AvgIpc) is 2.64. The second-order valence-electron chi connectivity index (χ2n) is 4.55. The normalized spacial score (nSPS) is 22.8. The highest BCUT2D eigenvalue weighted by Crippen LogP contribution is 2.15. The Bertz CT molecular complexity index is 162. The van der Waals surface area contributed by atoms with E-state index < -0.39 is 0 Å². The Labute approximate surface area is 94.2 Å². The molecule has 0 radical (unpaired) electrons. The molecule has 0 bridgehead atoms. The van der Waals surface area contributed by atoms with E-state index >= 15 is 0 Å². The number of ether oxygens (including phenoxy) is 1. The summed E-state index contributed by atoms with van der Waals surface area (Å²) in [6, 6.07) is 0.758. The maximum Gasteiger partial charge on any atom is 0.0594 e. The second-order valence-corrected chi connectivity index (χ2v) is 4.55. The van der Waals surface area contributed by atoms with Gasteiger partial charge in [-0.1, -0.05) is 6.92 Å². The van der Waals surface area contributed by atoms with Gasteiger partial charge in [0.15, 0.2) is 0 Å². The predicted octanol–water partition coefficient (Wildman–Crippen LogP) is 1.49. The molecule has 90 valence electrons. The lowest BCUT2D eigenvalue weighted by Crippen LogP contribution is -2.38. The third-order valence-corrected chi connectivity index (χ3v) is 3.02. The Morgan fingerprint density at radius 1 is 1.47 bits per heavy atom. The van der Waals surface area contributed by atoms with Gasteiger partial charge in [0.1, 0.15) is 0 Å². The summed E-state index contributed by atoms with van der Waals surface area (Å²) in [4.78, 5) is 2.57. The molecule has 1 unspecified atom stereocenters. The molecule has 0 aromatic carbocycles. The standard InChI is InChI=1S/C12H26N2O/c1-4-14-8-5-6-12(14)10-13-7-9-15-11(2)3/h11-13H,4-10H2,1-3H3. The molecule has 1 aliphatic heterocycles. The van der Waals surface area contributed by atoms with Gasteiger partial charge in [-0.15, -0.1) is 0 Å². The van der Waals surface area contributed by atoms with Crippen molar-refractivity contribution in [3.8, 4) is 0 Å². The van der Waals surface area contributed by atoms with Crippen LogP contribution in [0.3, 0.4) is 0 Å². The quantitative estimate of drug-likeness (QED) is 0.650. The summed E-state index contributed by atoms with van der Waals surface area (Å²) in [7, 11) is 0. The highest BCUT2D eigenvalue weighted by atomic mass is 16.5. The number of hydrogen-bond acceptors (Lipinski definition) is 3. The molecule has 3 nitrogen and oxygen atoms in total. The van der Waals surface area contributed by atoms with Crippen molar-refractivity contribution in [1.29, 1.82) is 0 Å². The lowest BCUT2D eigenvalue weighted by atomic mass is 10.2. The van der Waals surface area contributed by atoms with Crippen molar-refractivity contribution in [2.45, 2.75) is 45.8 Å². The van der Waals surface area contributed by atoms with Gasteiger partial charge in [-0.05, 0) is 39.8 Å². The van der Waals surface area contributed by atoms with Gasteiger partial charge in [-0.3, -0.25) is 4.90 Å². The van der Waals surface area contributed by atoms with Crippen LogP contribution in [-0.4, -0.2) is 49.8 Å². The summed E-state index contributed by atoms with van der Waals surface area (Å²) in [5.41, 5.74) is 0. The largest absolute Gasteiger partial charge is 0.377 e. The molecule has 0 aromatic heterocycles. The Hall–Kier alpha value is -0.120. The average molecular weight is 214 g/mol. The third kappa shape index (κ3) is 4.96. The van der Waals surface area contributed by atoms with E-state index in [1.54, 1.807) is 0 Å². The molecule has 1 saturated heterocycles. The first kappa shape index (κ1) is 12.9. The summed E-state index contributed by atoms with van der Waals surface area (Å²) in [5, 5.41) is 3.48. The topological polar surface area (TPSA) is 24.5 Å². The molecule has 0 spiro atoms. The van der Waals surface area contributed by atoms with Gasteiger partial charge in [0.05, 0.1) is 12.7 Å². The van der Waals surface area contributed by atoms with Crippen LogP contribution in [0.25, 0.3) is 0 Å². The van der Waals surface area contributed by atoms with E-state index in [2.05, 4.69) is 31.0 Å². The number of nitrogens with zero attached hydrogens (tertiary/aromatic N) is 1. The van der Waals surface area contributed by atoms with Crippen LogP contribution >= 0.6 is 0 Å². The minimum Gasteiger partial charge on any atom is -0.377 e. The fraction of sp³-hybridized carbons (Fsp3) is 1.00. The van der Waals surface area contributed by atoms with Crippen LogP contribution in [0.15, 0.2) is 0 Å². The van der Waals surface area contributed by atoms with Crippen LogP contribution in [0.1, 0.15) is 33.6 Å². The zero-order chi connectivity index (χ0) is 11.1. The lowest BCUT2D eigenvalue weighted by molar-refractivity contribution is 0.0799. The number of rotatable bonds is 7. The van der Waals surface area contributed by atoms with Crippen molar-refractivity contribution in [3.05, 3.63) is 0 Å². The Morgan fingerprint density at radius 2 is 2.27 bits per heavy atom. The first-order valence-electron chi connectivity index (χ1n) is 6.30. The van der Waals surface area contributed by atoms with E-state index in [1.165, 1.54) is 25.9 Å². The highest BCUT2D eigenvalue weighted by Gasteiger charge is 2.21. The summed E-state index contributed by atoms with van der Waals surface area (Å²) in [6.07, 6.45) is 3.07. The molecular formula is C12H26N2O. The fourth-order valence-electron chi connectivity index (χ4n) is 2.18. The van der Waals surface area contributed by atoms with Gasteiger partial charge in [0, 0.05) is 19.1 Å². The van der Waals surface area contributed by atoms with Gasteiger partial charge in [0.2, 0.25) is 0 Å². The minimum absolute atomic E-state index is 0.352. The molecule has 3 heteroatoms. The molecular weight excluding hydrogens is 188 g/mol. The maximum absolute atomic E-state index is 5.48. The van der Waals surface area contributed by atoms with E-state index in [9.17, 15) is 0 Å². The van der Waals surface area contributed by atoms with Crippen LogP contribution in [0, 0.1) is 0 Å². The van der Waals surface area contributed by atoms with Gasteiger partial charge in [-0.25, -0.2) is 0 Å². The van der Waals surface area contributed by atoms with Crippen molar-refractivity contribution < 1.29 is 4.74 Å². The number of hydrogen-bond donors (Lipinski definition) is 1. The molecule has 1 atom stereocenters. The van der Waals surface area contributed by atoms with Crippen LogP contribution in [0.2, 0.25) is 0 Å². The smallest absolute Gasteiger partial charge is 0.0594 e. The Balaban J connectivity index is 1.99. The monoisotopic (exact) mass is 214 g/mol. The minimum atomic E-state index is 0.352. The van der Waals surface area contributed by atoms with Crippen molar-refractivity contribution >= 4 is 0 Å². The summed E-state index contributed by atoms with van der Waals surface area (Å²) >= 11 is 0. The first-order chi connectivity index (χ1) is 7.24. The van der Waals surface area contributed by atoms with E-state index in [0.29, 0.717) is 6.10 Å². The molecule has 1 fully saturated rings. The number of nitrogens with one attached hydrogen (secondary N) is 1. The zero-order valence-corrected chi connectivity index (χ0v) is 10.5. The zero-order valence-electron chi connectivity index (χ0n) is 10.5. The Morgan fingerprint density at radius 3 is 2.93 bits per heavy atom. The highest BCUT2D eigenvalue weighted by molar-refractivity contribution is 4.79. The van der Waals surface area contributed by atoms with E-state index in [0.717, 1.165) is 25.7 Å². The van der Waals surface area contributed by atoms with Crippen molar-refractivity contribution in [1.82, 2.24) is 10.2 Å². The number of likely N-dealkylation sites (tertiary alicyclic amines) is 1. The van der Waals surface area contributed by atoms with Gasteiger partial charge >= 0.3 is 0 Å². The Kier molecular flexibility index (Phi) is 6.22. The molecule has 0 aliphatic carbocycles. The van der Waals surface area contributed by atoms with E-state index in [4.69, 9.17) is 4.74 Å². The fourth-order valence-corrected chi connectivity index (χ4v) is 2.18. The van der Waals surface area contributed by atoms with Crippen LogP contribution in [-0.2, 0) is 4.74 Å². The van der Waals surface area contributed by atoms with Crippen LogP contribution in [0.5, 0.6) is 0 Å². The van der Waals surface area contributed by atoms with Crippen molar-refractivity contribution in [2.75, 3.05) is 32.8 Å². The summed E-state index contributed by atoms with van der Waals surface area (Å²) in [6.45, 7) is 11.8. The summed E-state index contributed by atoms with van der Waals surface area (Å²) < 4.78 is 5.48. The molecule has 0 saturated carbocycles. The third-order valence-electron chi connectivity index (χ3n) is 3.02. The summed E-state index contributed by atoms with van der Waals surface area (Å²) in [5.74, 6) is 0. The van der Waals surface area contributed by atoms with Crippen LogP contribution in [0.4, 0.5) is 0 Å². The molecule has 1 heterocycles. The van der Waals surface area contributed by atoms with Gasteiger partial charge < -0.3 is 10.1 Å². The predicted molar refractivity (Wildman–Crippen MR) is 64.2 cm³/mol. The first-order valence-corrected chi connectivity index (χ1v) is 6.30. The SMILES string of the molecule is CCN1CCCC1CNCCOC(C)C. The molecule has 0 aromatic rings. The lowest BCUT2D eigenvalue weighted by Gasteiger charge is -2.23. The molecule has 1 N–H and O–H groups in total. The van der Waals surface area contributed by atoms with Crippen molar-refractivity contribution in [2.24, 2.45) is 0 Å². The molecule has 0 amide bonds. The molecule has 15 heavy (non-hydrogen) atoms. The molecule has 1 rings (SSSR count). The van der Waals surface area contributed by atoms with Crippen molar-refractivity contribution in [3.63, 3.8) is 0 Å². The molecule has 1 aliphatic rings. The maximum atomic E-state index is 5.48. The van der Waals surface area contributed by atoms with Gasteiger partial charge in [-0.2, -0.15) is 0 Å².